The molecule has 4 heterocycles. The van der Waals surface area contributed by atoms with E-state index in [9.17, 15) is 24.6 Å². The zero-order valence-electron chi connectivity index (χ0n) is 24.2. The zero-order chi connectivity index (χ0) is 29.1. The van der Waals surface area contributed by atoms with Crippen LogP contribution in [0, 0.1) is 45.8 Å². The van der Waals surface area contributed by atoms with E-state index >= 15 is 0 Å². The maximum absolute atomic E-state index is 13.7. The number of ether oxygens (including phenoxy) is 5. The summed E-state index contributed by atoms with van der Waals surface area (Å²) in [5.41, 5.74) is -2.50. The summed E-state index contributed by atoms with van der Waals surface area (Å²) < 4.78 is 30.1. The van der Waals surface area contributed by atoms with Gasteiger partial charge in [-0.15, -0.1) is 0 Å². The molecule has 0 spiro atoms. The molecule has 8 bridgehead atoms. The van der Waals surface area contributed by atoms with Crippen LogP contribution < -0.4 is 0 Å². The minimum Gasteiger partial charge on any atom is -0.481 e. The molecule has 13 unspecified atom stereocenters. The molecule has 10 heteroatoms. The number of unbranched alkanes of at least 4 members (excludes halogenated alkanes) is 1. The number of carbonyl (C=O) groups excluding carboxylic acids is 2. The van der Waals surface area contributed by atoms with E-state index in [1.807, 2.05) is 20.8 Å². The first-order valence-electron chi connectivity index (χ1n) is 15.5. The lowest BCUT2D eigenvalue weighted by Gasteiger charge is -2.58. The topological polar surface area (TPSA) is 138 Å². The Balaban J connectivity index is 1.22. The summed E-state index contributed by atoms with van der Waals surface area (Å²) in [5.74, 6) is -2.84. The number of carbonyl (C=O) groups is 3. The highest BCUT2D eigenvalue weighted by Gasteiger charge is 2.85. The third-order valence-corrected chi connectivity index (χ3v) is 12.1. The van der Waals surface area contributed by atoms with E-state index in [0.29, 0.717) is 25.2 Å². The fourth-order valence-electron chi connectivity index (χ4n) is 10.5. The van der Waals surface area contributed by atoms with Gasteiger partial charge in [0.2, 0.25) is 0 Å². The number of aliphatic hydroxyl groups excluding tert-OH is 1. The second-order valence-electron chi connectivity index (χ2n) is 14.1. The average molecular weight is 575 g/mol. The first kappa shape index (κ1) is 28.0. The van der Waals surface area contributed by atoms with Gasteiger partial charge in [-0.05, 0) is 55.3 Å². The maximum Gasteiger partial charge on any atom is 0.316 e. The van der Waals surface area contributed by atoms with Gasteiger partial charge in [-0.3, -0.25) is 14.3 Å². The van der Waals surface area contributed by atoms with Crippen molar-refractivity contribution in [1.82, 2.24) is 0 Å². The van der Waals surface area contributed by atoms with Crippen LogP contribution in [-0.2, 0) is 38.1 Å². The van der Waals surface area contributed by atoms with Crippen LogP contribution in [0.3, 0.4) is 0 Å². The largest absolute Gasteiger partial charge is 0.481 e. The molecule has 8 rings (SSSR count). The molecule has 226 valence electrons. The molecule has 4 aliphatic carbocycles. The number of aliphatic carboxylic acids is 1. The predicted molar refractivity (Wildman–Crippen MR) is 141 cm³/mol. The summed E-state index contributed by atoms with van der Waals surface area (Å²) >= 11 is 0. The van der Waals surface area contributed by atoms with Crippen molar-refractivity contribution in [3.8, 4) is 0 Å². The summed E-state index contributed by atoms with van der Waals surface area (Å²) in [5, 5.41) is 22.6. The van der Waals surface area contributed by atoms with Crippen molar-refractivity contribution in [2.45, 2.75) is 109 Å². The number of esters is 1. The Morgan fingerprint density at radius 1 is 1.20 bits per heavy atom. The maximum atomic E-state index is 13.7. The number of hydrogen-bond donors (Lipinski definition) is 2. The van der Waals surface area contributed by atoms with Gasteiger partial charge in [-0.25, -0.2) is 0 Å². The van der Waals surface area contributed by atoms with E-state index in [1.54, 1.807) is 0 Å². The van der Waals surface area contributed by atoms with E-state index in [-0.39, 0.29) is 42.7 Å². The number of carboxylic acids is 1. The van der Waals surface area contributed by atoms with E-state index in [4.69, 9.17) is 23.7 Å². The minimum absolute atomic E-state index is 0.0117. The third kappa shape index (κ3) is 3.18. The number of hydrogen-bond acceptors (Lipinski definition) is 9. The molecule has 4 saturated heterocycles. The first-order valence-corrected chi connectivity index (χ1v) is 15.5. The second-order valence-corrected chi connectivity index (χ2v) is 14.1. The number of allylic oxidation sites excluding steroid dienone is 1. The lowest BCUT2D eigenvalue weighted by Crippen LogP contribution is -2.66. The molecule has 0 aromatic rings. The van der Waals surface area contributed by atoms with Crippen molar-refractivity contribution in [1.29, 1.82) is 0 Å². The Hall–Kier alpha value is -1.85. The van der Waals surface area contributed by atoms with Gasteiger partial charge in [-0.2, -0.15) is 0 Å². The Bertz CT molecular complexity index is 1180. The van der Waals surface area contributed by atoms with Gasteiger partial charge in [0.25, 0.3) is 0 Å². The highest BCUT2D eigenvalue weighted by molar-refractivity contribution is 5.90. The predicted octanol–water partition coefficient (Wildman–Crippen LogP) is 3.20. The highest BCUT2D eigenvalue weighted by atomic mass is 17.0. The van der Waals surface area contributed by atoms with E-state index in [0.717, 1.165) is 31.1 Å². The fraction of sp³-hybridized carbons (Fsp3) is 0.839. The molecule has 0 aromatic carbocycles. The quantitative estimate of drug-likeness (QED) is 0.227. The highest BCUT2D eigenvalue weighted by Crippen LogP contribution is 2.82. The monoisotopic (exact) mass is 574 g/mol. The first-order chi connectivity index (χ1) is 19.5. The van der Waals surface area contributed by atoms with Crippen LogP contribution in [-0.4, -0.2) is 71.7 Å². The van der Waals surface area contributed by atoms with Crippen molar-refractivity contribution < 1.29 is 48.3 Å². The van der Waals surface area contributed by atoms with E-state index in [1.165, 1.54) is 0 Å². The molecule has 10 nitrogen and oxygen atoms in total. The summed E-state index contributed by atoms with van der Waals surface area (Å²) in [6.07, 6.45) is 3.08. The molecule has 0 aromatic heterocycles. The van der Waals surface area contributed by atoms with Gasteiger partial charge in [0.1, 0.15) is 17.8 Å². The van der Waals surface area contributed by atoms with Crippen LogP contribution in [0.5, 0.6) is 0 Å². The molecule has 0 amide bonds. The number of aldehydes is 1. The molecular formula is C31H42O10. The third-order valence-electron chi connectivity index (χ3n) is 12.1. The van der Waals surface area contributed by atoms with Crippen molar-refractivity contribution in [2.24, 2.45) is 45.8 Å². The summed E-state index contributed by atoms with van der Waals surface area (Å²) in [6.45, 7) is 8.14. The molecule has 7 fully saturated rings. The molecular weight excluding hydrogens is 532 g/mol. The van der Waals surface area contributed by atoms with E-state index in [2.05, 4.69) is 13.0 Å². The summed E-state index contributed by atoms with van der Waals surface area (Å²) in [4.78, 5) is 39.3. The van der Waals surface area contributed by atoms with Crippen molar-refractivity contribution in [3.05, 3.63) is 11.6 Å². The molecule has 8 aliphatic rings. The number of rotatable bonds is 10. The zero-order valence-corrected chi connectivity index (χ0v) is 24.2. The van der Waals surface area contributed by atoms with Gasteiger partial charge in [0, 0.05) is 11.8 Å². The van der Waals surface area contributed by atoms with Gasteiger partial charge in [0.05, 0.1) is 12.0 Å². The number of fused-ring (bicyclic) bond motifs is 2. The van der Waals surface area contributed by atoms with Crippen molar-refractivity contribution in [3.63, 3.8) is 0 Å². The molecule has 4 aliphatic heterocycles. The van der Waals surface area contributed by atoms with Crippen molar-refractivity contribution in [2.75, 3.05) is 6.61 Å². The number of carboxylic acid groups (broad SMARTS) is 1. The van der Waals surface area contributed by atoms with Crippen LogP contribution in [0.15, 0.2) is 11.6 Å². The standard InChI is InChI=1S/C31H42O10/c1-5-6-7-21(33)38-22-23-25(34)31(40-24(22)26(39-23)41-31)37-14-29-12-18-16(4)8-9-19(18)28(13-32)11-17(29)10-20(15(2)3)30(28,29)27(35)36/h10,13,15-19,22-26,34H,5-9,11-12,14H2,1-4H3,(H,35,36). The molecule has 3 saturated carbocycles. The lowest BCUT2D eigenvalue weighted by atomic mass is 9.43. The normalized spacial score (nSPS) is 51.8. The average Bonchev–Trinajstić information content (AvgIpc) is 3.66. The van der Waals surface area contributed by atoms with Gasteiger partial charge >= 0.3 is 17.9 Å². The van der Waals surface area contributed by atoms with Gasteiger partial charge in [0.15, 0.2) is 24.6 Å². The van der Waals surface area contributed by atoms with Crippen LogP contribution in [0.2, 0.25) is 0 Å². The SMILES string of the molecule is CCCCC(=O)OC1C2OC3(OCC45CC6C(C)CCC6C6(C=O)CC4C=C(C(C)C)C65C(=O)O)OC2OC1C3O. The lowest BCUT2D eigenvalue weighted by molar-refractivity contribution is -0.447. The smallest absolute Gasteiger partial charge is 0.316 e. The molecule has 2 N–H and O–H groups in total. The molecule has 0 radical (unpaired) electrons. The Labute approximate surface area is 240 Å². The summed E-state index contributed by atoms with van der Waals surface area (Å²) in [7, 11) is 0. The minimum atomic E-state index is -1.86. The summed E-state index contributed by atoms with van der Waals surface area (Å²) in [6, 6.07) is 0. The molecule has 13 atom stereocenters. The van der Waals surface area contributed by atoms with Gasteiger partial charge in [-0.1, -0.05) is 52.2 Å². The Morgan fingerprint density at radius 3 is 2.66 bits per heavy atom. The van der Waals surface area contributed by atoms with Crippen LogP contribution >= 0.6 is 0 Å². The van der Waals surface area contributed by atoms with Crippen LogP contribution in [0.25, 0.3) is 0 Å². The number of aliphatic hydroxyl groups is 1. The second kappa shape index (κ2) is 9.08. The Kier molecular flexibility index (Phi) is 6.19. The Morgan fingerprint density at radius 2 is 1.98 bits per heavy atom. The van der Waals surface area contributed by atoms with Gasteiger partial charge < -0.3 is 34.0 Å². The van der Waals surface area contributed by atoms with Crippen LogP contribution in [0.1, 0.15) is 72.6 Å². The fourth-order valence-corrected chi connectivity index (χ4v) is 10.5. The van der Waals surface area contributed by atoms with E-state index < -0.39 is 58.9 Å². The molecule has 41 heavy (non-hydrogen) atoms. The van der Waals surface area contributed by atoms with Crippen molar-refractivity contribution >= 4 is 18.2 Å². The van der Waals surface area contributed by atoms with Crippen LogP contribution in [0.4, 0.5) is 0 Å².